The number of carbonyl (C=O) groups excluding carboxylic acids is 2. The number of ketones is 1. The number of aromatic nitrogens is 1. The summed E-state index contributed by atoms with van der Waals surface area (Å²) in [6, 6.07) is 0. The molecule has 0 spiro atoms. The van der Waals surface area contributed by atoms with Crippen molar-refractivity contribution in [2.75, 3.05) is 7.05 Å². The van der Waals surface area contributed by atoms with Gasteiger partial charge in [0.2, 0.25) is 5.91 Å². The molecule has 5 heteroatoms. The van der Waals surface area contributed by atoms with Crippen LogP contribution in [0.2, 0.25) is 0 Å². The van der Waals surface area contributed by atoms with Crippen LogP contribution in [0.1, 0.15) is 63.8 Å². The van der Waals surface area contributed by atoms with E-state index in [0.29, 0.717) is 18.9 Å². The van der Waals surface area contributed by atoms with Crippen LogP contribution in [0.25, 0.3) is 0 Å². The fraction of sp³-hybridized carbons (Fsp3) is 0.722. The molecule has 0 bridgehead atoms. The molecule has 1 rings (SSSR count). The SMILES string of the molecule is CC(C)C(=O)C(CC(=O)N(C)Cc1cnc(C(C)C)s1)C(C)C. The van der Waals surface area contributed by atoms with E-state index in [4.69, 9.17) is 0 Å². The molecule has 1 heterocycles. The molecule has 0 aliphatic rings. The summed E-state index contributed by atoms with van der Waals surface area (Å²) in [7, 11) is 1.80. The van der Waals surface area contributed by atoms with Crippen molar-refractivity contribution in [2.24, 2.45) is 17.8 Å². The normalized spacial score (nSPS) is 13.0. The highest BCUT2D eigenvalue weighted by Gasteiger charge is 2.28. The molecule has 0 aliphatic carbocycles. The minimum Gasteiger partial charge on any atom is -0.341 e. The lowest BCUT2D eigenvalue weighted by atomic mass is 9.83. The molecule has 1 amide bonds. The van der Waals surface area contributed by atoms with E-state index in [-0.39, 0.29) is 29.4 Å². The first kappa shape index (κ1) is 19.8. The second kappa shape index (κ2) is 8.57. The van der Waals surface area contributed by atoms with Crippen LogP contribution in [0, 0.1) is 17.8 Å². The number of hydrogen-bond acceptors (Lipinski definition) is 4. The topological polar surface area (TPSA) is 50.3 Å². The van der Waals surface area contributed by atoms with E-state index in [1.165, 1.54) is 0 Å². The summed E-state index contributed by atoms with van der Waals surface area (Å²) in [6.07, 6.45) is 2.14. The number of rotatable bonds is 8. The van der Waals surface area contributed by atoms with Crippen LogP contribution in [-0.4, -0.2) is 28.6 Å². The maximum atomic E-state index is 12.5. The Morgan fingerprint density at radius 3 is 2.22 bits per heavy atom. The lowest BCUT2D eigenvalue weighted by Gasteiger charge is -2.24. The zero-order valence-electron chi connectivity index (χ0n) is 15.4. The molecule has 1 aromatic heterocycles. The Kier molecular flexibility index (Phi) is 7.39. The second-order valence-electron chi connectivity index (χ2n) is 7.18. The standard InChI is InChI=1S/C18H30N2O2S/c1-11(2)15(17(22)12(3)4)8-16(21)20(7)10-14-9-19-18(23-14)13(5)6/h9,11-13,15H,8,10H2,1-7H3. The number of Topliss-reactive ketones (excluding diaryl/α,β-unsaturated/α-hetero) is 1. The first-order valence-corrected chi connectivity index (χ1v) is 9.17. The molecule has 0 radical (unpaired) electrons. The fourth-order valence-corrected chi connectivity index (χ4v) is 3.39. The summed E-state index contributed by atoms with van der Waals surface area (Å²) in [5, 5.41) is 1.09. The van der Waals surface area contributed by atoms with Gasteiger partial charge in [0, 0.05) is 42.3 Å². The van der Waals surface area contributed by atoms with Crippen molar-refractivity contribution in [3.63, 3.8) is 0 Å². The largest absolute Gasteiger partial charge is 0.341 e. The molecule has 4 nitrogen and oxygen atoms in total. The Morgan fingerprint density at radius 1 is 1.17 bits per heavy atom. The Labute approximate surface area is 144 Å². The van der Waals surface area contributed by atoms with E-state index < -0.39 is 0 Å². The number of thiazole rings is 1. The molecule has 0 aliphatic heterocycles. The van der Waals surface area contributed by atoms with Crippen molar-refractivity contribution in [2.45, 2.75) is 60.4 Å². The lowest BCUT2D eigenvalue weighted by Crippen LogP contribution is -2.33. The van der Waals surface area contributed by atoms with Gasteiger partial charge in [0.1, 0.15) is 5.78 Å². The molecule has 0 aromatic carbocycles. The summed E-state index contributed by atoms with van der Waals surface area (Å²) in [6.45, 7) is 12.6. The predicted octanol–water partition coefficient (Wildman–Crippen LogP) is 4.11. The van der Waals surface area contributed by atoms with Gasteiger partial charge in [0.05, 0.1) is 11.6 Å². The molecule has 1 aromatic rings. The Morgan fingerprint density at radius 2 is 1.78 bits per heavy atom. The van der Waals surface area contributed by atoms with Gasteiger partial charge in [-0.3, -0.25) is 9.59 Å². The zero-order valence-corrected chi connectivity index (χ0v) is 16.2. The molecule has 0 saturated carbocycles. The van der Waals surface area contributed by atoms with Crippen LogP contribution in [0.5, 0.6) is 0 Å². The van der Waals surface area contributed by atoms with Gasteiger partial charge in [-0.1, -0.05) is 41.5 Å². The molecule has 130 valence electrons. The maximum Gasteiger partial charge on any atom is 0.223 e. The smallest absolute Gasteiger partial charge is 0.223 e. The van der Waals surface area contributed by atoms with Gasteiger partial charge in [0.15, 0.2) is 0 Å². The van der Waals surface area contributed by atoms with Gasteiger partial charge in [-0.05, 0) is 5.92 Å². The van der Waals surface area contributed by atoms with Gasteiger partial charge < -0.3 is 4.90 Å². The number of amides is 1. The van der Waals surface area contributed by atoms with Crippen molar-refractivity contribution in [3.05, 3.63) is 16.1 Å². The first-order chi connectivity index (χ1) is 10.6. The van der Waals surface area contributed by atoms with Crippen LogP contribution >= 0.6 is 11.3 Å². The highest BCUT2D eigenvalue weighted by molar-refractivity contribution is 7.11. The second-order valence-corrected chi connectivity index (χ2v) is 8.33. The minimum atomic E-state index is -0.197. The Bertz CT molecular complexity index is 535. The third-order valence-electron chi connectivity index (χ3n) is 4.02. The van der Waals surface area contributed by atoms with Crippen LogP contribution in [0.15, 0.2) is 6.20 Å². The lowest BCUT2D eigenvalue weighted by molar-refractivity contribution is -0.137. The van der Waals surface area contributed by atoms with E-state index in [0.717, 1.165) is 9.88 Å². The van der Waals surface area contributed by atoms with Crippen LogP contribution in [0.3, 0.4) is 0 Å². The van der Waals surface area contributed by atoms with Gasteiger partial charge >= 0.3 is 0 Å². The van der Waals surface area contributed by atoms with E-state index in [2.05, 4.69) is 18.8 Å². The summed E-state index contributed by atoms with van der Waals surface area (Å²) < 4.78 is 0. The Hall–Kier alpha value is -1.23. The third kappa shape index (κ3) is 5.72. The summed E-state index contributed by atoms with van der Waals surface area (Å²) >= 11 is 1.65. The van der Waals surface area contributed by atoms with E-state index in [1.807, 2.05) is 33.9 Å². The third-order valence-corrected chi connectivity index (χ3v) is 5.30. The molecule has 0 N–H and O–H groups in total. The van der Waals surface area contributed by atoms with Crippen LogP contribution in [-0.2, 0) is 16.1 Å². The van der Waals surface area contributed by atoms with E-state index >= 15 is 0 Å². The quantitative estimate of drug-likeness (QED) is 0.716. The van der Waals surface area contributed by atoms with Crippen LogP contribution < -0.4 is 0 Å². The number of carbonyl (C=O) groups is 2. The summed E-state index contributed by atoms with van der Waals surface area (Å²) in [5.74, 6) is 0.564. The van der Waals surface area contributed by atoms with Crippen molar-refractivity contribution in [1.29, 1.82) is 0 Å². The molecule has 1 atom stereocenters. The van der Waals surface area contributed by atoms with Crippen molar-refractivity contribution < 1.29 is 9.59 Å². The highest BCUT2D eigenvalue weighted by Crippen LogP contribution is 2.24. The molecule has 0 saturated heterocycles. The average Bonchev–Trinajstić information content (AvgIpc) is 2.91. The van der Waals surface area contributed by atoms with Gasteiger partial charge in [-0.15, -0.1) is 11.3 Å². The first-order valence-electron chi connectivity index (χ1n) is 8.35. The number of nitrogens with zero attached hydrogens (tertiary/aromatic N) is 2. The minimum absolute atomic E-state index is 0.0252. The molecule has 0 fully saturated rings. The van der Waals surface area contributed by atoms with Gasteiger partial charge in [0.25, 0.3) is 0 Å². The van der Waals surface area contributed by atoms with Crippen molar-refractivity contribution in [1.82, 2.24) is 9.88 Å². The average molecular weight is 339 g/mol. The van der Waals surface area contributed by atoms with E-state index in [1.54, 1.807) is 23.3 Å². The Balaban J connectivity index is 2.69. The monoisotopic (exact) mass is 338 g/mol. The summed E-state index contributed by atoms with van der Waals surface area (Å²) in [4.78, 5) is 32.0. The van der Waals surface area contributed by atoms with E-state index in [9.17, 15) is 9.59 Å². The number of hydrogen-bond donors (Lipinski definition) is 0. The van der Waals surface area contributed by atoms with Crippen molar-refractivity contribution >= 4 is 23.0 Å². The predicted molar refractivity (Wildman–Crippen MR) is 95.5 cm³/mol. The molecule has 23 heavy (non-hydrogen) atoms. The van der Waals surface area contributed by atoms with Gasteiger partial charge in [-0.25, -0.2) is 4.98 Å². The van der Waals surface area contributed by atoms with Crippen molar-refractivity contribution in [3.8, 4) is 0 Å². The zero-order chi connectivity index (χ0) is 17.7. The summed E-state index contributed by atoms with van der Waals surface area (Å²) in [5.41, 5.74) is 0. The molecular formula is C18H30N2O2S. The maximum absolute atomic E-state index is 12.5. The van der Waals surface area contributed by atoms with Gasteiger partial charge in [-0.2, -0.15) is 0 Å². The fourth-order valence-electron chi connectivity index (χ4n) is 2.42. The van der Waals surface area contributed by atoms with Crippen LogP contribution in [0.4, 0.5) is 0 Å². The highest BCUT2D eigenvalue weighted by atomic mass is 32.1. The molecule has 1 unspecified atom stereocenters. The molecular weight excluding hydrogens is 308 g/mol.